The third kappa shape index (κ3) is 4.93. The van der Waals surface area contributed by atoms with E-state index in [4.69, 9.17) is 4.74 Å². The van der Waals surface area contributed by atoms with Crippen molar-refractivity contribution in [2.45, 2.75) is 6.42 Å². The number of aromatic nitrogens is 2. The van der Waals surface area contributed by atoms with Crippen LogP contribution in [0.4, 0.5) is 20.6 Å². The van der Waals surface area contributed by atoms with Gasteiger partial charge in [0.05, 0.1) is 30.8 Å². The fourth-order valence-electron chi connectivity index (χ4n) is 4.91. The molecule has 5 heterocycles. The largest absolute Gasteiger partial charge is 1.00 e. The molecular formula is C26H27ClFN7O4. The summed E-state index contributed by atoms with van der Waals surface area (Å²) in [6, 6.07) is 7.86. The van der Waals surface area contributed by atoms with Gasteiger partial charge in [-0.3, -0.25) is 19.4 Å². The monoisotopic (exact) mass is 555 g/mol. The predicted molar refractivity (Wildman–Crippen MR) is 138 cm³/mol. The summed E-state index contributed by atoms with van der Waals surface area (Å²) in [5.74, 6) is -0.493. The number of aliphatic imine (C=N–C) groups is 1. The van der Waals surface area contributed by atoms with Crippen molar-refractivity contribution in [3.63, 3.8) is 0 Å². The van der Waals surface area contributed by atoms with Crippen molar-refractivity contribution in [1.29, 1.82) is 0 Å². The Kier molecular flexibility index (Phi) is 7.25. The van der Waals surface area contributed by atoms with Crippen molar-refractivity contribution in [2.24, 2.45) is 4.99 Å². The molecule has 1 aromatic carbocycles. The molecule has 0 unspecified atom stereocenters. The standard InChI is InChI=1S/C26H26FN7O4.ClH/c1-31-6-7-33(26(31)37)20-13-19(32-8-10-38-11-9-32)15-34-24(20)30-21(22(35)25(34)36)23-28-14-18(29-23)12-16-2-4-17(27)5-3-16;/h2-5,13-15,35H,6-12H2,1H3,(H,28,29);1H. The van der Waals surface area contributed by atoms with E-state index in [1.165, 1.54) is 16.5 Å². The number of carbonyl (C=O) groups excluding carboxylic acids is 1. The summed E-state index contributed by atoms with van der Waals surface area (Å²) in [6.07, 6.45) is 3.79. The zero-order valence-corrected chi connectivity index (χ0v) is 21.9. The van der Waals surface area contributed by atoms with Gasteiger partial charge >= 0.3 is 11.6 Å². The molecule has 2 amide bonds. The number of rotatable bonds is 5. The molecule has 11 nitrogen and oxygen atoms in total. The number of carbonyl (C=O) groups is 1. The summed E-state index contributed by atoms with van der Waals surface area (Å²) in [5, 5.41) is 12.7. The third-order valence-electron chi connectivity index (χ3n) is 7.01. The van der Waals surface area contributed by atoms with Gasteiger partial charge in [0.1, 0.15) is 11.5 Å². The number of urea groups is 1. The summed E-state index contributed by atoms with van der Waals surface area (Å²) >= 11 is 0. The topological polar surface area (TPSA) is 120 Å². The summed E-state index contributed by atoms with van der Waals surface area (Å²) in [5.41, 5.74) is 2.60. The van der Waals surface area contributed by atoms with Crippen molar-refractivity contribution >= 4 is 28.9 Å². The minimum absolute atomic E-state index is 0. The van der Waals surface area contributed by atoms with E-state index in [1.807, 2.05) is 6.07 Å². The lowest BCUT2D eigenvalue weighted by Crippen LogP contribution is -3.00. The lowest BCUT2D eigenvalue weighted by atomic mass is 10.1. The number of likely N-dealkylation sites (N-methyl/N-ethyl adjacent to an activating group) is 1. The molecule has 0 saturated carbocycles. The Morgan fingerprint density at radius 2 is 1.85 bits per heavy atom. The van der Waals surface area contributed by atoms with Crippen LogP contribution in [0.25, 0.3) is 5.65 Å². The fraction of sp³-hybridized carbons (Fsp3) is 0.308. The number of benzene rings is 1. The van der Waals surface area contributed by atoms with Crippen LogP contribution in [-0.4, -0.2) is 77.7 Å². The van der Waals surface area contributed by atoms with Gasteiger partial charge < -0.3 is 32.1 Å². The molecule has 3 aromatic rings. The van der Waals surface area contributed by atoms with E-state index < -0.39 is 11.3 Å². The maximum Gasteiger partial charge on any atom is 0.324 e. The van der Waals surface area contributed by atoms with Gasteiger partial charge in [0.2, 0.25) is 5.75 Å². The number of amidine groups is 1. The first-order valence-corrected chi connectivity index (χ1v) is 12.4. The number of halogens is 2. The number of anilines is 2. The Labute approximate surface area is 229 Å². The van der Waals surface area contributed by atoms with E-state index in [1.54, 1.807) is 46.7 Å². The van der Waals surface area contributed by atoms with E-state index in [0.717, 1.165) is 16.9 Å². The first-order valence-electron chi connectivity index (χ1n) is 12.4. The number of fused-ring (bicyclic) bond motifs is 1. The van der Waals surface area contributed by atoms with E-state index in [9.17, 15) is 19.1 Å². The van der Waals surface area contributed by atoms with E-state index in [2.05, 4.69) is 14.9 Å². The van der Waals surface area contributed by atoms with Crippen LogP contribution in [0.1, 0.15) is 11.3 Å². The molecule has 0 atom stereocenters. The fourth-order valence-corrected chi connectivity index (χ4v) is 4.91. The van der Waals surface area contributed by atoms with Crippen molar-refractivity contribution < 1.29 is 36.8 Å². The molecule has 13 heteroatoms. The molecule has 2 saturated heterocycles. The molecule has 0 aliphatic carbocycles. The molecule has 2 aromatic heterocycles. The molecule has 6 rings (SSSR count). The lowest BCUT2D eigenvalue weighted by molar-refractivity contribution is -0.481. The van der Waals surface area contributed by atoms with Crippen LogP contribution in [0.3, 0.4) is 0 Å². The number of amides is 2. The zero-order valence-electron chi connectivity index (χ0n) is 21.2. The Hall–Kier alpha value is -4.00. The lowest BCUT2D eigenvalue weighted by Gasteiger charge is -2.30. The van der Waals surface area contributed by atoms with E-state index >= 15 is 0 Å². The first-order chi connectivity index (χ1) is 18.4. The highest BCUT2D eigenvalue weighted by Gasteiger charge is 2.32. The number of nitrogens with zero attached hydrogens (tertiary/aromatic N) is 6. The van der Waals surface area contributed by atoms with Gasteiger partial charge in [-0.05, 0) is 23.8 Å². The summed E-state index contributed by atoms with van der Waals surface area (Å²) in [7, 11) is 1.73. The SMILES string of the molecule is CN1CCN(c2cc(N3CCOCC3)cn3c(=O)c(O)c(C4=NC=C(Cc5ccc(F)cc5)[NH2+]4)nc23)C1=O.[Cl-]. The molecule has 0 radical (unpaired) electrons. The highest BCUT2D eigenvalue weighted by Crippen LogP contribution is 2.30. The molecule has 39 heavy (non-hydrogen) atoms. The second-order valence-electron chi connectivity index (χ2n) is 9.51. The van der Waals surface area contributed by atoms with Crippen LogP contribution in [0.2, 0.25) is 0 Å². The number of hydrogen-bond acceptors (Lipinski definition) is 7. The van der Waals surface area contributed by atoms with Crippen molar-refractivity contribution in [3.05, 3.63) is 75.9 Å². The van der Waals surface area contributed by atoms with Gasteiger partial charge in [-0.1, -0.05) is 12.1 Å². The van der Waals surface area contributed by atoms with Crippen LogP contribution >= 0.6 is 0 Å². The molecule has 3 aliphatic rings. The predicted octanol–water partition coefficient (Wildman–Crippen LogP) is -2.34. The molecule has 204 valence electrons. The number of nitrogens with two attached hydrogens (primary N) is 1. The second-order valence-corrected chi connectivity index (χ2v) is 9.51. The highest BCUT2D eigenvalue weighted by atomic mass is 35.5. The first kappa shape index (κ1) is 26.6. The number of morpholine rings is 1. The van der Waals surface area contributed by atoms with E-state index in [-0.39, 0.29) is 35.6 Å². The molecule has 2 fully saturated rings. The molecule has 3 N–H and O–H groups in total. The van der Waals surface area contributed by atoms with Gasteiger partial charge in [0, 0.05) is 45.8 Å². The number of hydrogen-bond donors (Lipinski definition) is 2. The maximum atomic E-state index is 13.5. The van der Waals surface area contributed by atoms with Crippen LogP contribution in [-0.2, 0) is 11.2 Å². The molecule has 0 spiro atoms. The number of aromatic hydroxyl groups is 1. The number of pyridine rings is 1. The molecule has 3 aliphatic heterocycles. The number of quaternary nitrogens is 1. The Morgan fingerprint density at radius 1 is 1.10 bits per heavy atom. The maximum absolute atomic E-state index is 13.5. The zero-order chi connectivity index (χ0) is 26.4. The van der Waals surface area contributed by atoms with Crippen molar-refractivity contribution in [1.82, 2.24) is 14.3 Å². The van der Waals surface area contributed by atoms with Crippen LogP contribution in [0, 0.1) is 5.82 Å². The number of ether oxygens (including phenoxy) is 1. The third-order valence-corrected chi connectivity index (χ3v) is 7.01. The van der Waals surface area contributed by atoms with Gasteiger partial charge in [0.25, 0.3) is 5.84 Å². The minimum Gasteiger partial charge on any atom is -1.00 e. The smallest absolute Gasteiger partial charge is 0.324 e. The summed E-state index contributed by atoms with van der Waals surface area (Å²) in [4.78, 5) is 40.8. The quantitative estimate of drug-likeness (QED) is 0.364. The van der Waals surface area contributed by atoms with E-state index in [0.29, 0.717) is 57.3 Å². The highest BCUT2D eigenvalue weighted by molar-refractivity contribution is 5.99. The Morgan fingerprint density at radius 3 is 2.54 bits per heavy atom. The van der Waals surface area contributed by atoms with Gasteiger partial charge in [0.15, 0.2) is 11.3 Å². The van der Waals surface area contributed by atoms with Gasteiger partial charge in [-0.25, -0.2) is 14.2 Å². The minimum atomic E-state index is -0.649. The average Bonchev–Trinajstić information content (AvgIpc) is 3.53. The van der Waals surface area contributed by atoms with Gasteiger partial charge in [-0.2, -0.15) is 4.99 Å². The van der Waals surface area contributed by atoms with Crippen LogP contribution < -0.4 is 33.1 Å². The average molecular weight is 556 g/mol. The Bertz CT molecular complexity index is 1550. The normalized spacial score (nSPS) is 17.5. The van der Waals surface area contributed by atoms with Crippen LogP contribution in [0.5, 0.6) is 5.75 Å². The number of allylic oxidation sites excluding steroid dienone is 1. The Balaban J connectivity index is 0.00000308. The molecular weight excluding hydrogens is 529 g/mol. The molecule has 0 bridgehead atoms. The summed E-state index contributed by atoms with van der Waals surface area (Å²) < 4.78 is 20.0. The van der Waals surface area contributed by atoms with Crippen LogP contribution in [0.15, 0.2) is 58.2 Å². The van der Waals surface area contributed by atoms with Gasteiger partial charge in [-0.15, -0.1) is 0 Å². The second kappa shape index (κ2) is 10.6. The summed E-state index contributed by atoms with van der Waals surface area (Å²) in [6.45, 7) is 3.37. The van der Waals surface area contributed by atoms with Crippen molar-refractivity contribution in [3.8, 4) is 5.75 Å². The van der Waals surface area contributed by atoms with Crippen molar-refractivity contribution in [2.75, 3.05) is 56.2 Å².